The van der Waals surface area contributed by atoms with Crippen LogP contribution >= 0.6 is 22.6 Å². The minimum absolute atomic E-state index is 0.544. The van der Waals surface area contributed by atoms with Crippen molar-refractivity contribution >= 4 is 28.7 Å². The molecule has 0 aliphatic carbocycles. The van der Waals surface area contributed by atoms with Gasteiger partial charge in [-0.25, -0.2) is 4.79 Å². The van der Waals surface area contributed by atoms with Gasteiger partial charge in [0.25, 0.3) is 0 Å². The van der Waals surface area contributed by atoms with Crippen molar-refractivity contribution in [2.45, 2.75) is 19.1 Å². The summed E-state index contributed by atoms with van der Waals surface area (Å²) in [7, 11) is 1.48. The molecule has 2 N–H and O–H groups in total. The third-order valence-electron chi connectivity index (χ3n) is 2.17. The van der Waals surface area contributed by atoms with Crippen molar-refractivity contribution in [1.29, 1.82) is 0 Å². The lowest BCUT2D eigenvalue weighted by Gasteiger charge is -2.20. The molecular formula is C11H14INO3. The Morgan fingerprint density at radius 1 is 1.50 bits per heavy atom. The Bertz CT molecular complexity index is 370. The number of amides is 1. The molecule has 0 saturated heterocycles. The normalized spacial score (nSPS) is 14.0. The van der Waals surface area contributed by atoms with E-state index in [1.807, 2.05) is 24.3 Å². The number of rotatable bonds is 3. The van der Waals surface area contributed by atoms with Crippen molar-refractivity contribution < 1.29 is 14.6 Å². The molecule has 1 rings (SSSR count). The second-order valence-corrected chi connectivity index (χ2v) is 4.49. The number of nitrogens with one attached hydrogen (secondary N) is 1. The lowest BCUT2D eigenvalue weighted by Crippen LogP contribution is -2.28. The van der Waals surface area contributed by atoms with Crippen LogP contribution in [0.3, 0.4) is 0 Å². The number of aliphatic hydroxyl groups excluding tert-OH is 1. The van der Waals surface area contributed by atoms with E-state index in [1.54, 1.807) is 6.92 Å². The fraction of sp³-hybridized carbons (Fsp3) is 0.364. The third kappa shape index (κ3) is 3.34. The fourth-order valence-electron chi connectivity index (χ4n) is 1.26. The van der Waals surface area contributed by atoms with Crippen LogP contribution in [0.25, 0.3) is 0 Å². The molecule has 1 amide bonds. The molecule has 0 aliphatic heterocycles. The number of carbonyl (C=O) groups is 1. The Hall–Kier alpha value is -0.820. The Morgan fingerprint density at radius 2 is 2.12 bits per heavy atom. The Morgan fingerprint density at radius 3 is 2.69 bits per heavy atom. The summed E-state index contributed by atoms with van der Waals surface area (Å²) in [5.74, 6) is 0. The molecule has 0 fully saturated rings. The highest BCUT2D eigenvalue weighted by atomic mass is 127. The van der Waals surface area contributed by atoms with Crippen LogP contribution in [0.1, 0.15) is 18.6 Å². The van der Waals surface area contributed by atoms with E-state index in [0.717, 1.165) is 9.13 Å². The minimum atomic E-state index is -0.814. The molecule has 1 aromatic carbocycles. The van der Waals surface area contributed by atoms with Crippen molar-refractivity contribution in [3.05, 3.63) is 33.4 Å². The van der Waals surface area contributed by atoms with Gasteiger partial charge in [0.2, 0.25) is 0 Å². The molecule has 0 aromatic heterocycles. The summed E-state index contributed by atoms with van der Waals surface area (Å²) in [6.45, 7) is 1.66. The standard InChI is InChI=1S/C11H14INO3/c1-7(16-11(15)13-2)10(14)8-5-3-4-6-9(8)12/h3-7,10,14H,1-2H3,(H,13,15)/t7-,10+/m0/s1. The molecule has 0 saturated carbocycles. The molecule has 4 nitrogen and oxygen atoms in total. The van der Waals surface area contributed by atoms with Crippen LogP contribution in [0, 0.1) is 3.57 Å². The van der Waals surface area contributed by atoms with Crippen LogP contribution in [0.5, 0.6) is 0 Å². The quantitative estimate of drug-likeness (QED) is 0.832. The highest BCUT2D eigenvalue weighted by Gasteiger charge is 2.21. The molecule has 0 spiro atoms. The van der Waals surface area contributed by atoms with Crippen LogP contribution in [-0.2, 0) is 4.74 Å². The van der Waals surface area contributed by atoms with Crippen molar-refractivity contribution in [3.8, 4) is 0 Å². The molecule has 2 atom stereocenters. The second-order valence-electron chi connectivity index (χ2n) is 3.33. The minimum Gasteiger partial charge on any atom is -0.443 e. The number of halogens is 1. The molecular weight excluding hydrogens is 321 g/mol. The molecule has 0 radical (unpaired) electrons. The number of ether oxygens (including phenoxy) is 1. The zero-order chi connectivity index (χ0) is 12.1. The first-order chi connectivity index (χ1) is 7.56. The van der Waals surface area contributed by atoms with Gasteiger partial charge in [0.05, 0.1) is 0 Å². The maximum absolute atomic E-state index is 11.0. The predicted octanol–water partition coefficient (Wildman–Crippen LogP) is 2.07. The van der Waals surface area contributed by atoms with Gasteiger partial charge in [0.1, 0.15) is 12.2 Å². The second kappa shape index (κ2) is 6.05. The van der Waals surface area contributed by atoms with E-state index in [4.69, 9.17) is 4.74 Å². The van der Waals surface area contributed by atoms with E-state index < -0.39 is 18.3 Å². The SMILES string of the molecule is CNC(=O)O[C@@H](C)[C@@H](O)c1ccccc1I. The smallest absolute Gasteiger partial charge is 0.407 e. The Labute approximate surface area is 108 Å². The monoisotopic (exact) mass is 335 g/mol. The molecule has 0 bridgehead atoms. The van der Waals surface area contributed by atoms with Gasteiger partial charge in [-0.15, -0.1) is 0 Å². The van der Waals surface area contributed by atoms with Crippen LogP contribution in [0.4, 0.5) is 4.79 Å². The summed E-state index contributed by atoms with van der Waals surface area (Å²) >= 11 is 2.14. The average Bonchev–Trinajstić information content (AvgIpc) is 2.28. The summed E-state index contributed by atoms with van der Waals surface area (Å²) in [4.78, 5) is 11.0. The Kier molecular flexibility index (Phi) is 5.01. The van der Waals surface area contributed by atoms with Crippen LogP contribution in [-0.4, -0.2) is 24.4 Å². The first-order valence-corrected chi connectivity index (χ1v) is 5.95. The van der Waals surface area contributed by atoms with E-state index in [2.05, 4.69) is 27.9 Å². The fourth-order valence-corrected chi connectivity index (χ4v) is 1.97. The number of hydrogen-bond donors (Lipinski definition) is 2. The summed E-state index contributed by atoms with van der Waals surface area (Å²) in [6, 6.07) is 7.44. The van der Waals surface area contributed by atoms with Gasteiger partial charge in [0, 0.05) is 10.6 Å². The van der Waals surface area contributed by atoms with Gasteiger partial charge < -0.3 is 15.2 Å². The summed E-state index contributed by atoms with van der Waals surface area (Å²) in [5, 5.41) is 12.3. The predicted molar refractivity (Wildman–Crippen MR) is 69.1 cm³/mol. The van der Waals surface area contributed by atoms with Gasteiger partial charge in [-0.1, -0.05) is 18.2 Å². The molecule has 1 aromatic rings. The number of benzene rings is 1. The molecule has 88 valence electrons. The molecule has 0 unspecified atom stereocenters. The van der Waals surface area contributed by atoms with Crippen LogP contribution in [0.2, 0.25) is 0 Å². The van der Waals surface area contributed by atoms with Gasteiger partial charge in [-0.3, -0.25) is 0 Å². The first kappa shape index (κ1) is 13.2. The van der Waals surface area contributed by atoms with Gasteiger partial charge >= 0.3 is 6.09 Å². The third-order valence-corrected chi connectivity index (χ3v) is 3.15. The highest BCUT2D eigenvalue weighted by molar-refractivity contribution is 14.1. The number of aliphatic hydroxyl groups is 1. The van der Waals surface area contributed by atoms with E-state index in [0.29, 0.717) is 0 Å². The lowest BCUT2D eigenvalue weighted by molar-refractivity contribution is 0.0123. The van der Waals surface area contributed by atoms with E-state index in [-0.39, 0.29) is 0 Å². The maximum atomic E-state index is 11.0. The van der Waals surface area contributed by atoms with Gasteiger partial charge in [-0.2, -0.15) is 0 Å². The van der Waals surface area contributed by atoms with Crippen LogP contribution < -0.4 is 5.32 Å². The lowest BCUT2D eigenvalue weighted by atomic mass is 10.1. The molecule has 5 heteroatoms. The number of carbonyl (C=O) groups excluding carboxylic acids is 1. The van der Waals surface area contributed by atoms with Crippen molar-refractivity contribution in [2.75, 3.05) is 7.05 Å². The molecule has 0 heterocycles. The molecule has 0 aliphatic rings. The summed E-state index contributed by atoms with van der Waals surface area (Å²) < 4.78 is 5.91. The van der Waals surface area contributed by atoms with Crippen LogP contribution in [0.15, 0.2) is 24.3 Å². The van der Waals surface area contributed by atoms with Crippen molar-refractivity contribution in [2.24, 2.45) is 0 Å². The molecule has 16 heavy (non-hydrogen) atoms. The van der Waals surface area contributed by atoms with E-state index >= 15 is 0 Å². The highest BCUT2D eigenvalue weighted by Crippen LogP contribution is 2.23. The maximum Gasteiger partial charge on any atom is 0.407 e. The van der Waals surface area contributed by atoms with Crippen molar-refractivity contribution in [1.82, 2.24) is 5.32 Å². The van der Waals surface area contributed by atoms with Crippen molar-refractivity contribution in [3.63, 3.8) is 0 Å². The summed E-state index contributed by atoms with van der Waals surface area (Å²) in [6.07, 6.45) is -1.95. The topological polar surface area (TPSA) is 58.6 Å². The number of hydrogen-bond acceptors (Lipinski definition) is 3. The number of alkyl carbamates (subject to hydrolysis) is 1. The zero-order valence-corrected chi connectivity index (χ0v) is 11.3. The first-order valence-electron chi connectivity index (χ1n) is 4.87. The van der Waals surface area contributed by atoms with E-state index in [9.17, 15) is 9.90 Å². The Balaban J connectivity index is 2.74. The van der Waals surface area contributed by atoms with Gasteiger partial charge in [0.15, 0.2) is 0 Å². The zero-order valence-electron chi connectivity index (χ0n) is 9.11. The summed E-state index contributed by atoms with van der Waals surface area (Å²) in [5.41, 5.74) is 0.763. The van der Waals surface area contributed by atoms with E-state index in [1.165, 1.54) is 7.05 Å². The average molecular weight is 335 g/mol. The largest absolute Gasteiger partial charge is 0.443 e. The van der Waals surface area contributed by atoms with Gasteiger partial charge in [-0.05, 0) is 41.1 Å².